The maximum Gasteiger partial charge on any atom is 0.335 e. The zero-order valence-corrected chi connectivity index (χ0v) is 24.6. The fraction of sp³-hybridized carbons (Fsp3) is 0.290. The van der Waals surface area contributed by atoms with E-state index in [-0.39, 0.29) is 11.7 Å². The van der Waals surface area contributed by atoms with Crippen LogP contribution in [0.25, 0.3) is 10.1 Å². The van der Waals surface area contributed by atoms with Crippen LogP contribution in [0.1, 0.15) is 51.7 Å². The summed E-state index contributed by atoms with van der Waals surface area (Å²) in [7, 11) is 1.00. The molecule has 0 saturated carbocycles. The molecule has 3 aromatic carbocycles. The predicted octanol–water partition coefficient (Wildman–Crippen LogP) is 7.64. The van der Waals surface area contributed by atoms with Crippen LogP contribution in [0.4, 0.5) is 0 Å². The first-order chi connectivity index (χ1) is 19.4. The molecule has 0 saturated heterocycles. The molecular weight excluding hydrogens is 569 g/mol. The molecule has 1 heterocycles. The number of aromatic carboxylic acids is 1. The summed E-state index contributed by atoms with van der Waals surface area (Å²) in [5, 5.41) is 18.7. The molecule has 0 spiro atoms. The van der Waals surface area contributed by atoms with Crippen LogP contribution in [-0.2, 0) is 22.7 Å². The van der Waals surface area contributed by atoms with Crippen molar-refractivity contribution in [1.82, 2.24) is 4.90 Å². The van der Waals surface area contributed by atoms with Crippen LogP contribution in [-0.4, -0.2) is 47.6 Å². The Bertz CT molecular complexity index is 1380. The highest BCUT2D eigenvalue weighted by atomic mass is 35.5. The fourth-order valence-corrected chi connectivity index (χ4v) is 5.78. The molecule has 212 valence electrons. The molecule has 2 N–H and O–H groups in total. The maximum absolute atomic E-state index is 11.3. The molecule has 0 fully saturated rings. The topological polar surface area (TPSA) is 87.1 Å². The molecule has 6 nitrogen and oxygen atoms in total. The number of thiophene rings is 1. The Morgan fingerprint density at radius 3 is 2.45 bits per heavy atom. The minimum atomic E-state index is -0.944. The Balaban J connectivity index is 0.00000216. The van der Waals surface area contributed by atoms with Gasteiger partial charge in [-0.1, -0.05) is 53.5 Å². The second-order valence-electron chi connectivity index (χ2n) is 9.15. The van der Waals surface area contributed by atoms with E-state index in [1.165, 1.54) is 0 Å². The lowest BCUT2D eigenvalue weighted by Gasteiger charge is -2.28. The Labute approximate surface area is 248 Å². The smallest absolute Gasteiger partial charge is 0.335 e. The van der Waals surface area contributed by atoms with Gasteiger partial charge in [-0.3, -0.25) is 4.90 Å². The van der Waals surface area contributed by atoms with Gasteiger partial charge in [0.15, 0.2) is 0 Å². The summed E-state index contributed by atoms with van der Waals surface area (Å²) in [4.78, 5) is 25.5. The van der Waals surface area contributed by atoms with E-state index in [0.717, 1.165) is 58.9 Å². The van der Waals surface area contributed by atoms with E-state index in [2.05, 4.69) is 11.0 Å². The standard InChI is InChI=1S/C30H29Cl2NO4S.CH4O/c31-25-6-4-5-23(15-25)28(37-20-27-16-24-11-12-26(32)17-29(24)38-27)19-33(13-2-1-3-14-34)18-21-7-9-22(10-8-21)30(35)36;1-2/h4-12,14-17,28H,1-3,13,18-20H2,(H,35,36);2H,1H3/t28-;/m0./s1. The number of ether oxygens (including phenoxy) is 1. The van der Waals surface area contributed by atoms with Gasteiger partial charge in [-0.25, -0.2) is 4.79 Å². The number of unbranched alkanes of at least 4 members (excludes halogenated alkanes) is 2. The number of fused-ring (bicyclic) bond motifs is 1. The van der Waals surface area contributed by atoms with E-state index in [9.17, 15) is 14.7 Å². The highest BCUT2D eigenvalue weighted by Crippen LogP contribution is 2.31. The monoisotopic (exact) mass is 601 g/mol. The molecule has 1 aromatic heterocycles. The summed E-state index contributed by atoms with van der Waals surface area (Å²) < 4.78 is 7.64. The minimum Gasteiger partial charge on any atom is -0.478 e. The molecule has 0 aliphatic carbocycles. The van der Waals surface area contributed by atoms with E-state index >= 15 is 0 Å². The molecule has 0 aliphatic rings. The van der Waals surface area contributed by atoms with Gasteiger partial charge in [0, 0.05) is 46.2 Å². The van der Waals surface area contributed by atoms with Crippen LogP contribution in [0.5, 0.6) is 0 Å². The summed E-state index contributed by atoms with van der Waals surface area (Å²) in [5.74, 6) is -0.944. The first-order valence-corrected chi connectivity index (χ1v) is 14.5. The molecule has 0 aliphatic heterocycles. The van der Waals surface area contributed by atoms with Crippen LogP contribution < -0.4 is 0 Å². The van der Waals surface area contributed by atoms with Crippen LogP contribution in [0.2, 0.25) is 10.0 Å². The van der Waals surface area contributed by atoms with Gasteiger partial charge in [-0.15, -0.1) is 11.3 Å². The number of aliphatic hydroxyl groups excluding tert-OH is 1. The number of carbonyl (C=O) groups is 2. The van der Waals surface area contributed by atoms with Gasteiger partial charge >= 0.3 is 5.97 Å². The second kappa shape index (κ2) is 16.5. The largest absolute Gasteiger partial charge is 0.478 e. The van der Waals surface area contributed by atoms with Crippen molar-refractivity contribution in [3.8, 4) is 0 Å². The number of carboxylic acid groups (broad SMARTS) is 1. The Morgan fingerprint density at radius 1 is 1.00 bits per heavy atom. The fourth-order valence-electron chi connectivity index (χ4n) is 4.32. The Hall–Kier alpha value is -2.78. The maximum atomic E-state index is 11.3. The molecule has 0 unspecified atom stereocenters. The zero-order valence-electron chi connectivity index (χ0n) is 22.3. The lowest BCUT2D eigenvalue weighted by molar-refractivity contribution is -0.107. The Morgan fingerprint density at radius 2 is 1.75 bits per heavy atom. The summed E-state index contributed by atoms with van der Waals surface area (Å²) in [6, 6.07) is 22.7. The summed E-state index contributed by atoms with van der Waals surface area (Å²) in [5.41, 5.74) is 2.26. The summed E-state index contributed by atoms with van der Waals surface area (Å²) >= 11 is 14.2. The molecule has 1 atom stereocenters. The lowest BCUT2D eigenvalue weighted by atomic mass is 10.1. The van der Waals surface area contributed by atoms with Crippen LogP contribution in [0.3, 0.4) is 0 Å². The van der Waals surface area contributed by atoms with Crippen LogP contribution in [0.15, 0.2) is 72.8 Å². The van der Waals surface area contributed by atoms with Gasteiger partial charge in [0.2, 0.25) is 0 Å². The third-order valence-corrected chi connectivity index (χ3v) is 7.80. The number of nitrogens with zero attached hydrogens (tertiary/aromatic N) is 1. The van der Waals surface area contributed by atoms with Crippen molar-refractivity contribution >= 4 is 56.9 Å². The van der Waals surface area contributed by atoms with Gasteiger partial charge in [0.1, 0.15) is 6.29 Å². The highest BCUT2D eigenvalue weighted by Gasteiger charge is 2.19. The number of hydrogen-bond acceptors (Lipinski definition) is 6. The first-order valence-electron chi connectivity index (χ1n) is 12.9. The van der Waals surface area contributed by atoms with Crippen LogP contribution in [0, 0.1) is 0 Å². The van der Waals surface area contributed by atoms with Crippen molar-refractivity contribution in [2.45, 2.75) is 38.5 Å². The predicted molar refractivity (Wildman–Crippen MR) is 163 cm³/mol. The van der Waals surface area contributed by atoms with Crippen molar-refractivity contribution in [2.75, 3.05) is 20.2 Å². The van der Waals surface area contributed by atoms with Gasteiger partial charge < -0.3 is 19.7 Å². The average Bonchev–Trinajstić information content (AvgIpc) is 3.36. The molecule has 9 heteroatoms. The number of aliphatic hydroxyl groups is 1. The van der Waals surface area contributed by atoms with Crippen LogP contribution >= 0.6 is 34.5 Å². The van der Waals surface area contributed by atoms with Crippen molar-refractivity contribution in [3.05, 3.63) is 104 Å². The molecule has 4 rings (SSSR count). The second-order valence-corrected chi connectivity index (χ2v) is 11.2. The molecule has 0 bridgehead atoms. The Kier molecular flexibility index (Phi) is 13.1. The van der Waals surface area contributed by atoms with E-state index in [1.807, 2.05) is 54.6 Å². The molecule has 4 aromatic rings. The SMILES string of the molecule is CO.O=CCCCCN(Cc1ccc(C(=O)O)cc1)C[C@H](OCc1cc2ccc(Cl)cc2s1)c1cccc(Cl)c1. The number of hydrogen-bond donors (Lipinski definition) is 2. The average molecular weight is 603 g/mol. The van der Waals surface area contributed by atoms with Gasteiger partial charge in [-0.05, 0) is 78.4 Å². The van der Waals surface area contributed by atoms with E-state index in [4.69, 9.17) is 33.0 Å². The zero-order chi connectivity index (χ0) is 28.9. The number of benzene rings is 3. The number of carbonyl (C=O) groups excluding carboxylic acids is 1. The minimum absolute atomic E-state index is 0.244. The highest BCUT2D eigenvalue weighted by molar-refractivity contribution is 7.19. The lowest BCUT2D eigenvalue weighted by Crippen LogP contribution is -2.30. The molecule has 40 heavy (non-hydrogen) atoms. The van der Waals surface area contributed by atoms with E-state index < -0.39 is 5.97 Å². The molecule has 0 amide bonds. The van der Waals surface area contributed by atoms with Gasteiger partial charge in [0.25, 0.3) is 0 Å². The normalized spacial score (nSPS) is 11.7. The van der Waals surface area contributed by atoms with Crippen molar-refractivity contribution in [3.63, 3.8) is 0 Å². The quantitative estimate of drug-likeness (QED) is 0.114. The molecule has 0 radical (unpaired) electrons. The van der Waals surface area contributed by atoms with E-state index in [0.29, 0.717) is 36.2 Å². The number of aldehydes is 1. The van der Waals surface area contributed by atoms with Gasteiger partial charge in [0.05, 0.1) is 18.3 Å². The third-order valence-electron chi connectivity index (χ3n) is 6.26. The number of rotatable bonds is 14. The number of carboxylic acids is 1. The first kappa shape index (κ1) is 31.7. The molecular formula is C31H33Cl2NO5S. The van der Waals surface area contributed by atoms with Crippen molar-refractivity contribution < 1.29 is 24.5 Å². The summed E-state index contributed by atoms with van der Waals surface area (Å²) in [6.07, 6.45) is 2.92. The third kappa shape index (κ3) is 9.70. The van der Waals surface area contributed by atoms with E-state index in [1.54, 1.807) is 23.5 Å². The van der Waals surface area contributed by atoms with Crippen molar-refractivity contribution in [2.24, 2.45) is 0 Å². The van der Waals surface area contributed by atoms with Gasteiger partial charge in [-0.2, -0.15) is 0 Å². The number of halogens is 2. The summed E-state index contributed by atoms with van der Waals surface area (Å²) in [6.45, 7) is 2.46. The van der Waals surface area contributed by atoms with Crippen molar-refractivity contribution in [1.29, 1.82) is 0 Å².